The summed E-state index contributed by atoms with van der Waals surface area (Å²) in [5, 5.41) is 1.28. The number of fused-ring (bicyclic) bond motifs is 2. The Balaban J connectivity index is 0.000000123. The Hall–Kier alpha value is -2.26. The maximum absolute atomic E-state index is 4.12. The van der Waals surface area contributed by atoms with Crippen molar-refractivity contribution in [1.82, 2.24) is 4.98 Å². The fraction of sp³-hybridized carbons (Fsp3) is 0. The van der Waals surface area contributed by atoms with Gasteiger partial charge in [-0.2, -0.15) is 0 Å². The number of allylic oxidation sites excluding steroid dienone is 1. The smallest absolute Gasteiger partial charge is 0.0453 e. The Kier molecular flexibility index (Phi) is 3.99. The third-order valence-electron chi connectivity index (χ3n) is 2.96. The molecule has 1 aliphatic rings. The van der Waals surface area contributed by atoms with E-state index in [1.807, 2.05) is 42.8 Å². The van der Waals surface area contributed by atoms with Crippen molar-refractivity contribution in [3.05, 3.63) is 72.4 Å². The summed E-state index contributed by atoms with van der Waals surface area (Å²) in [6.07, 6.45) is 7.78. The first-order valence-electron chi connectivity index (χ1n) is 6.42. The van der Waals surface area contributed by atoms with Crippen molar-refractivity contribution in [2.75, 3.05) is 0 Å². The first-order chi connectivity index (χ1) is 9.93. The molecule has 3 heteroatoms. The minimum Gasteiger partial charge on any atom is -0.361 e. The van der Waals surface area contributed by atoms with Crippen LogP contribution in [0.25, 0.3) is 17.0 Å². The Bertz CT molecular complexity index is 726. The van der Waals surface area contributed by atoms with Crippen molar-refractivity contribution >= 4 is 35.1 Å². The lowest BCUT2D eigenvalue weighted by Gasteiger charge is -1.97. The second-order valence-electron chi connectivity index (χ2n) is 4.31. The molecule has 0 atom stereocenters. The molecule has 2 heterocycles. The van der Waals surface area contributed by atoms with Crippen molar-refractivity contribution in [3.63, 3.8) is 0 Å². The molecular weight excluding hydrogens is 264 g/mol. The lowest BCUT2D eigenvalue weighted by molar-refractivity contribution is 1.43. The number of para-hydroxylation sites is 1. The normalized spacial score (nSPS) is 12.4. The molecule has 0 fully saturated rings. The largest absolute Gasteiger partial charge is 0.361 e. The molecule has 0 radical (unpaired) electrons. The van der Waals surface area contributed by atoms with Crippen LogP contribution in [-0.2, 0) is 0 Å². The molecular formula is C17H14N2S. The summed E-state index contributed by atoms with van der Waals surface area (Å²) in [5.74, 6) is 0. The van der Waals surface area contributed by atoms with E-state index in [0.717, 1.165) is 0 Å². The SMILES string of the molecule is C1=Cc2ccccc2SN=C1.c1ccc2[nH]ccc2c1. The topological polar surface area (TPSA) is 28.1 Å². The highest BCUT2D eigenvalue weighted by Crippen LogP contribution is 2.25. The Morgan fingerprint density at radius 3 is 2.70 bits per heavy atom. The summed E-state index contributed by atoms with van der Waals surface area (Å²) < 4.78 is 4.12. The molecule has 2 nitrogen and oxygen atoms in total. The second-order valence-corrected chi connectivity index (χ2v) is 5.14. The monoisotopic (exact) mass is 278 g/mol. The molecule has 0 bridgehead atoms. The maximum Gasteiger partial charge on any atom is 0.0453 e. The van der Waals surface area contributed by atoms with E-state index in [1.165, 1.54) is 33.3 Å². The number of benzene rings is 2. The molecule has 3 aromatic rings. The van der Waals surface area contributed by atoms with E-state index in [9.17, 15) is 0 Å². The van der Waals surface area contributed by atoms with Gasteiger partial charge in [0.1, 0.15) is 0 Å². The summed E-state index contributed by atoms with van der Waals surface area (Å²) in [6.45, 7) is 0. The molecule has 2 aromatic carbocycles. The van der Waals surface area contributed by atoms with Crippen molar-refractivity contribution in [3.8, 4) is 0 Å². The highest BCUT2D eigenvalue weighted by Gasteiger charge is 1.98. The molecule has 0 spiro atoms. The maximum atomic E-state index is 4.12. The number of aromatic amines is 1. The van der Waals surface area contributed by atoms with Gasteiger partial charge < -0.3 is 4.98 Å². The first kappa shape index (κ1) is 12.8. The first-order valence-corrected chi connectivity index (χ1v) is 7.19. The van der Waals surface area contributed by atoms with Gasteiger partial charge in [0.25, 0.3) is 0 Å². The Morgan fingerprint density at radius 1 is 0.900 bits per heavy atom. The van der Waals surface area contributed by atoms with Gasteiger partial charge in [0.05, 0.1) is 0 Å². The van der Waals surface area contributed by atoms with Crippen molar-refractivity contribution in [2.24, 2.45) is 4.40 Å². The van der Waals surface area contributed by atoms with Crippen LogP contribution in [0.3, 0.4) is 0 Å². The molecule has 1 aliphatic heterocycles. The number of nitrogens with zero attached hydrogens (tertiary/aromatic N) is 1. The molecule has 0 saturated heterocycles. The van der Waals surface area contributed by atoms with Crippen LogP contribution < -0.4 is 0 Å². The van der Waals surface area contributed by atoms with Gasteiger partial charge in [0.2, 0.25) is 0 Å². The number of nitrogens with one attached hydrogen (secondary N) is 1. The standard InChI is InChI=1S/C9H7NS.C8H7N/c1-2-6-9-8(4-1)5-3-7-10-11-9;1-2-4-8-7(3-1)5-6-9-8/h1-7H;1-6,9H. The van der Waals surface area contributed by atoms with E-state index >= 15 is 0 Å². The van der Waals surface area contributed by atoms with Crippen LogP contribution in [0, 0.1) is 0 Å². The fourth-order valence-electron chi connectivity index (χ4n) is 1.97. The lowest BCUT2D eigenvalue weighted by atomic mass is 10.2. The van der Waals surface area contributed by atoms with Crippen molar-refractivity contribution in [1.29, 1.82) is 0 Å². The van der Waals surface area contributed by atoms with E-state index in [-0.39, 0.29) is 0 Å². The molecule has 1 aromatic heterocycles. The summed E-state index contributed by atoms with van der Waals surface area (Å²) >= 11 is 1.52. The third-order valence-corrected chi connectivity index (χ3v) is 3.75. The number of rotatable bonds is 0. The van der Waals surface area contributed by atoms with E-state index in [0.29, 0.717) is 0 Å². The summed E-state index contributed by atoms with van der Waals surface area (Å²) in [7, 11) is 0. The molecule has 98 valence electrons. The van der Waals surface area contributed by atoms with Gasteiger partial charge in [0, 0.05) is 34.8 Å². The highest BCUT2D eigenvalue weighted by molar-refractivity contribution is 7.98. The van der Waals surface area contributed by atoms with E-state index in [4.69, 9.17) is 0 Å². The molecule has 1 N–H and O–H groups in total. The Morgan fingerprint density at radius 2 is 1.75 bits per heavy atom. The van der Waals surface area contributed by atoms with Gasteiger partial charge in [-0.05, 0) is 35.2 Å². The van der Waals surface area contributed by atoms with E-state index in [2.05, 4.69) is 45.8 Å². The molecule has 20 heavy (non-hydrogen) atoms. The van der Waals surface area contributed by atoms with Crippen molar-refractivity contribution < 1.29 is 0 Å². The van der Waals surface area contributed by atoms with Gasteiger partial charge in [-0.3, -0.25) is 0 Å². The average molecular weight is 278 g/mol. The van der Waals surface area contributed by atoms with Crippen LogP contribution in [-0.4, -0.2) is 11.2 Å². The van der Waals surface area contributed by atoms with Gasteiger partial charge in [-0.15, -0.1) is 0 Å². The predicted octanol–water partition coefficient (Wildman–Crippen LogP) is 4.96. The molecule has 0 unspecified atom stereocenters. The minimum absolute atomic E-state index is 1.21. The number of hydrogen-bond donors (Lipinski definition) is 1. The predicted molar refractivity (Wildman–Crippen MR) is 88.1 cm³/mol. The zero-order valence-electron chi connectivity index (χ0n) is 10.9. The lowest BCUT2D eigenvalue weighted by Crippen LogP contribution is -1.73. The van der Waals surface area contributed by atoms with Crippen LogP contribution in [0.15, 0.2) is 76.2 Å². The number of H-pyrrole nitrogens is 1. The van der Waals surface area contributed by atoms with E-state index < -0.39 is 0 Å². The zero-order chi connectivity index (χ0) is 13.6. The van der Waals surface area contributed by atoms with Gasteiger partial charge >= 0.3 is 0 Å². The summed E-state index contributed by atoms with van der Waals surface area (Å²) in [4.78, 5) is 4.34. The van der Waals surface area contributed by atoms with Crippen LogP contribution >= 0.6 is 11.9 Å². The number of hydrogen-bond acceptors (Lipinski definition) is 2. The van der Waals surface area contributed by atoms with Crippen molar-refractivity contribution in [2.45, 2.75) is 4.90 Å². The fourth-order valence-corrected chi connectivity index (χ4v) is 2.59. The van der Waals surface area contributed by atoms with Crippen LogP contribution in [0.5, 0.6) is 0 Å². The van der Waals surface area contributed by atoms with Gasteiger partial charge in [0.15, 0.2) is 0 Å². The van der Waals surface area contributed by atoms with Gasteiger partial charge in [-0.1, -0.05) is 42.5 Å². The third kappa shape index (κ3) is 3.00. The quantitative estimate of drug-likeness (QED) is 0.578. The Labute approximate surface area is 122 Å². The van der Waals surface area contributed by atoms with Gasteiger partial charge in [-0.25, -0.2) is 4.40 Å². The molecule has 4 rings (SSSR count). The minimum atomic E-state index is 1.21. The summed E-state index contributed by atoms with van der Waals surface area (Å²) in [5.41, 5.74) is 2.45. The molecule has 0 amide bonds. The van der Waals surface area contributed by atoms with Crippen LogP contribution in [0.4, 0.5) is 0 Å². The average Bonchev–Trinajstić information content (AvgIpc) is 2.85. The summed E-state index contributed by atoms with van der Waals surface area (Å²) in [6, 6.07) is 18.5. The van der Waals surface area contributed by atoms with Crippen LogP contribution in [0.2, 0.25) is 0 Å². The highest BCUT2D eigenvalue weighted by atomic mass is 32.2. The molecule has 0 saturated carbocycles. The zero-order valence-corrected chi connectivity index (χ0v) is 11.7. The van der Waals surface area contributed by atoms with Crippen LogP contribution in [0.1, 0.15) is 5.56 Å². The molecule has 0 aliphatic carbocycles. The van der Waals surface area contributed by atoms with E-state index in [1.54, 1.807) is 0 Å². The number of aromatic nitrogens is 1. The second kappa shape index (κ2) is 6.26.